The Balaban J connectivity index is 1.40. The number of nitrogens with zero attached hydrogens (tertiary/aromatic N) is 6. The molecule has 2 aliphatic rings. The standard InChI is InChI=1S/C18H24N6/c1-14-8-18(22-13-21-14)24(16-2-3-16)17-4-6-23(7-5-17)11-15-9-19-12-20-10-15/h8-10,12-13,16-17H,2-7,11H2,1H3. The molecule has 1 saturated carbocycles. The monoisotopic (exact) mass is 324 g/mol. The van der Waals surface area contributed by atoms with Crippen LogP contribution in [0.25, 0.3) is 0 Å². The van der Waals surface area contributed by atoms with Gasteiger partial charge in [-0.05, 0) is 32.6 Å². The van der Waals surface area contributed by atoms with Crippen LogP contribution in [0, 0.1) is 6.92 Å². The molecule has 2 aromatic rings. The fraction of sp³-hybridized carbons (Fsp3) is 0.556. The molecule has 0 radical (unpaired) electrons. The number of likely N-dealkylation sites (tertiary alicyclic amines) is 1. The molecule has 1 aliphatic heterocycles. The van der Waals surface area contributed by atoms with E-state index in [-0.39, 0.29) is 0 Å². The maximum Gasteiger partial charge on any atom is 0.132 e. The van der Waals surface area contributed by atoms with Crippen LogP contribution in [0.5, 0.6) is 0 Å². The van der Waals surface area contributed by atoms with Crippen molar-refractivity contribution in [1.82, 2.24) is 24.8 Å². The Hall–Kier alpha value is -2.08. The van der Waals surface area contributed by atoms with E-state index in [1.165, 1.54) is 31.2 Å². The second-order valence-electron chi connectivity index (χ2n) is 6.91. The minimum absolute atomic E-state index is 0.593. The maximum atomic E-state index is 4.55. The fourth-order valence-electron chi connectivity index (χ4n) is 3.63. The highest BCUT2D eigenvalue weighted by Crippen LogP contribution is 2.35. The van der Waals surface area contributed by atoms with E-state index < -0.39 is 0 Å². The Bertz CT molecular complexity index is 664. The van der Waals surface area contributed by atoms with Gasteiger partial charge in [0.2, 0.25) is 0 Å². The largest absolute Gasteiger partial charge is 0.350 e. The molecule has 0 N–H and O–H groups in total. The minimum atomic E-state index is 0.593. The zero-order valence-corrected chi connectivity index (χ0v) is 14.2. The van der Waals surface area contributed by atoms with Crippen molar-refractivity contribution >= 4 is 5.82 Å². The molecular formula is C18H24N6. The van der Waals surface area contributed by atoms with Crippen LogP contribution < -0.4 is 4.90 Å². The van der Waals surface area contributed by atoms with Gasteiger partial charge in [-0.2, -0.15) is 0 Å². The van der Waals surface area contributed by atoms with Crippen LogP contribution in [0.3, 0.4) is 0 Å². The first kappa shape index (κ1) is 15.4. The molecule has 6 heteroatoms. The first-order valence-corrected chi connectivity index (χ1v) is 8.83. The highest BCUT2D eigenvalue weighted by atomic mass is 15.3. The zero-order chi connectivity index (χ0) is 16.4. The van der Waals surface area contributed by atoms with Gasteiger partial charge >= 0.3 is 0 Å². The third kappa shape index (κ3) is 3.53. The van der Waals surface area contributed by atoms with Crippen LogP contribution in [0.15, 0.2) is 31.1 Å². The lowest BCUT2D eigenvalue weighted by molar-refractivity contribution is 0.200. The zero-order valence-electron chi connectivity index (χ0n) is 14.2. The Labute approximate surface area is 143 Å². The second kappa shape index (κ2) is 6.81. The number of hydrogen-bond acceptors (Lipinski definition) is 6. The van der Waals surface area contributed by atoms with Crippen molar-refractivity contribution in [2.24, 2.45) is 0 Å². The van der Waals surface area contributed by atoms with Crippen molar-refractivity contribution in [2.45, 2.75) is 51.2 Å². The van der Waals surface area contributed by atoms with Gasteiger partial charge in [0.15, 0.2) is 0 Å². The van der Waals surface area contributed by atoms with Gasteiger partial charge in [0.05, 0.1) is 0 Å². The molecule has 1 saturated heterocycles. The summed E-state index contributed by atoms with van der Waals surface area (Å²) in [5, 5.41) is 0. The van der Waals surface area contributed by atoms with E-state index in [9.17, 15) is 0 Å². The van der Waals surface area contributed by atoms with Gasteiger partial charge in [0.1, 0.15) is 18.5 Å². The van der Waals surface area contributed by atoms with Gasteiger partial charge in [-0.3, -0.25) is 4.90 Å². The summed E-state index contributed by atoms with van der Waals surface area (Å²) in [4.78, 5) is 22.1. The van der Waals surface area contributed by atoms with Crippen molar-refractivity contribution in [2.75, 3.05) is 18.0 Å². The number of aryl methyl sites for hydroxylation is 1. The second-order valence-corrected chi connectivity index (χ2v) is 6.91. The summed E-state index contributed by atoms with van der Waals surface area (Å²) in [7, 11) is 0. The van der Waals surface area contributed by atoms with Gasteiger partial charge in [-0.1, -0.05) is 0 Å². The molecule has 4 rings (SSSR count). The van der Waals surface area contributed by atoms with Crippen LogP contribution in [-0.2, 0) is 6.54 Å². The van der Waals surface area contributed by atoms with E-state index in [1.54, 1.807) is 12.7 Å². The Morgan fingerprint density at radius 2 is 1.71 bits per heavy atom. The molecule has 0 unspecified atom stereocenters. The number of rotatable bonds is 5. The third-order valence-corrected chi connectivity index (χ3v) is 4.96. The van der Waals surface area contributed by atoms with E-state index in [2.05, 4.69) is 35.8 Å². The summed E-state index contributed by atoms with van der Waals surface area (Å²) >= 11 is 0. The predicted molar refractivity (Wildman–Crippen MR) is 92.6 cm³/mol. The fourth-order valence-corrected chi connectivity index (χ4v) is 3.63. The lowest BCUT2D eigenvalue weighted by Gasteiger charge is -2.39. The van der Waals surface area contributed by atoms with Crippen molar-refractivity contribution in [3.8, 4) is 0 Å². The normalized spacial score (nSPS) is 19.4. The number of aromatic nitrogens is 4. The van der Waals surface area contributed by atoms with E-state index in [1.807, 2.05) is 19.3 Å². The summed E-state index contributed by atoms with van der Waals surface area (Å²) in [6.07, 6.45) is 12.1. The van der Waals surface area contributed by atoms with Gasteiger partial charge < -0.3 is 4.90 Å². The molecule has 0 bridgehead atoms. The number of hydrogen-bond donors (Lipinski definition) is 0. The van der Waals surface area contributed by atoms with Crippen LogP contribution in [0.1, 0.15) is 36.9 Å². The molecule has 24 heavy (non-hydrogen) atoms. The van der Waals surface area contributed by atoms with Crippen molar-refractivity contribution in [3.63, 3.8) is 0 Å². The Morgan fingerprint density at radius 3 is 2.38 bits per heavy atom. The molecule has 1 aliphatic carbocycles. The van der Waals surface area contributed by atoms with Crippen LogP contribution in [-0.4, -0.2) is 50.0 Å². The number of anilines is 1. The molecule has 126 valence electrons. The van der Waals surface area contributed by atoms with Crippen molar-refractivity contribution in [3.05, 3.63) is 42.4 Å². The number of piperidine rings is 1. The lowest BCUT2D eigenvalue weighted by atomic mass is 10.0. The summed E-state index contributed by atoms with van der Waals surface area (Å²) < 4.78 is 0. The average Bonchev–Trinajstić information content (AvgIpc) is 3.43. The molecule has 2 fully saturated rings. The van der Waals surface area contributed by atoms with Crippen LogP contribution in [0.2, 0.25) is 0 Å². The first-order chi connectivity index (χ1) is 11.8. The molecule has 0 spiro atoms. The smallest absolute Gasteiger partial charge is 0.132 e. The molecule has 0 aromatic carbocycles. The van der Waals surface area contributed by atoms with Crippen LogP contribution >= 0.6 is 0 Å². The molecule has 0 amide bonds. The lowest BCUT2D eigenvalue weighted by Crippen LogP contribution is -2.46. The van der Waals surface area contributed by atoms with Gasteiger partial charge in [-0.15, -0.1) is 0 Å². The topological polar surface area (TPSA) is 58.0 Å². The Morgan fingerprint density at radius 1 is 1.00 bits per heavy atom. The molecule has 3 heterocycles. The summed E-state index contributed by atoms with van der Waals surface area (Å²) in [6, 6.07) is 3.40. The quantitative estimate of drug-likeness (QED) is 0.840. The van der Waals surface area contributed by atoms with Crippen LogP contribution in [0.4, 0.5) is 5.82 Å². The van der Waals surface area contributed by atoms with E-state index in [0.29, 0.717) is 12.1 Å². The molecule has 0 atom stereocenters. The van der Waals surface area contributed by atoms with Gasteiger partial charge in [0, 0.05) is 61.4 Å². The average molecular weight is 324 g/mol. The van der Waals surface area contributed by atoms with E-state index in [4.69, 9.17) is 0 Å². The summed E-state index contributed by atoms with van der Waals surface area (Å²) in [6.45, 7) is 5.23. The van der Waals surface area contributed by atoms with E-state index >= 15 is 0 Å². The third-order valence-electron chi connectivity index (χ3n) is 4.96. The van der Waals surface area contributed by atoms with Gasteiger partial charge in [-0.25, -0.2) is 19.9 Å². The first-order valence-electron chi connectivity index (χ1n) is 8.83. The highest BCUT2D eigenvalue weighted by Gasteiger charge is 2.36. The summed E-state index contributed by atoms with van der Waals surface area (Å²) in [5.41, 5.74) is 2.24. The molecule has 6 nitrogen and oxygen atoms in total. The molecule has 2 aromatic heterocycles. The van der Waals surface area contributed by atoms with E-state index in [0.717, 1.165) is 31.1 Å². The minimum Gasteiger partial charge on any atom is -0.350 e. The van der Waals surface area contributed by atoms with Crippen molar-refractivity contribution < 1.29 is 0 Å². The summed E-state index contributed by atoms with van der Waals surface area (Å²) in [5.74, 6) is 1.11. The SMILES string of the molecule is Cc1cc(N(C2CC2)C2CCN(Cc3cncnc3)CC2)ncn1. The predicted octanol–water partition coefficient (Wildman–Crippen LogP) is 2.21. The maximum absolute atomic E-state index is 4.55. The Kier molecular flexibility index (Phi) is 4.38. The van der Waals surface area contributed by atoms with Crippen molar-refractivity contribution in [1.29, 1.82) is 0 Å². The van der Waals surface area contributed by atoms with Gasteiger partial charge in [0.25, 0.3) is 0 Å². The highest BCUT2D eigenvalue weighted by molar-refractivity contribution is 5.43. The molecular weight excluding hydrogens is 300 g/mol.